The molecule has 0 heterocycles. The number of benzene rings is 1. The van der Waals surface area contributed by atoms with Crippen LogP contribution in [0.1, 0.15) is 19.4 Å². The Labute approximate surface area is 102 Å². The maximum absolute atomic E-state index is 11.4. The number of carboxylic acid groups (broad SMARTS) is 1. The van der Waals surface area contributed by atoms with Crippen molar-refractivity contribution in [1.29, 1.82) is 0 Å². The number of aliphatic carboxylic acids is 1. The van der Waals surface area contributed by atoms with E-state index in [2.05, 4.69) is 5.32 Å². The van der Waals surface area contributed by atoms with Crippen molar-refractivity contribution in [3.63, 3.8) is 0 Å². The van der Waals surface area contributed by atoms with Crippen LogP contribution >= 0.6 is 0 Å². The lowest BCUT2D eigenvalue weighted by Gasteiger charge is -2.32. The number of hydrogen-bond acceptors (Lipinski definition) is 3. The van der Waals surface area contributed by atoms with Crippen LogP contribution < -0.4 is 5.32 Å². The molecule has 0 aliphatic rings. The number of nitrogens with one attached hydrogen (secondary N) is 1. The third kappa shape index (κ3) is 2.97. The van der Waals surface area contributed by atoms with Crippen molar-refractivity contribution >= 4 is 11.7 Å². The predicted octanol–water partition coefficient (Wildman–Crippen LogP) is 2.29. The van der Waals surface area contributed by atoms with Gasteiger partial charge in [0.15, 0.2) is 5.54 Å². The Balaban J connectivity index is 2.94. The average Bonchev–Trinajstić information content (AvgIpc) is 2.30. The van der Waals surface area contributed by atoms with E-state index in [-0.39, 0.29) is 0 Å². The number of ether oxygens (including phenoxy) is 1. The lowest BCUT2D eigenvalue weighted by Crippen LogP contribution is -2.52. The van der Waals surface area contributed by atoms with Gasteiger partial charge in [-0.1, -0.05) is 17.7 Å². The van der Waals surface area contributed by atoms with Crippen molar-refractivity contribution in [2.24, 2.45) is 0 Å². The Kier molecular flexibility index (Phi) is 4.12. The quantitative estimate of drug-likeness (QED) is 0.825. The summed E-state index contributed by atoms with van der Waals surface area (Å²) in [5.74, 6) is -0.938. The van der Waals surface area contributed by atoms with E-state index in [0.717, 1.165) is 11.3 Å². The van der Waals surface area contributed by atoms with Crippen LogP contribution in [0.15, 0.2) is 24.3 Å². The Morgan fingerprint density at radius 1 is 1.41 bits per heavy atom. The van der Waals surface area contributed by atoms with Crippen LogP contribution in [0.5, 0.6) is 0 Å². The standard InChI is InChI=1S/C13H19NO3/c1-9-5-7-11(8-6-9)14-13(3,12(15)16)10(2)17-4/h5-8,10,14H,1-4H3,(H,15,16). The number of aryl methyl sites for hydroxylation is 1. The summed E-state index contributed by atoms with van der Waals surface area (Å²) in [6.07, 6.45) is -0.443. The molecule has 0 spiro atoms. The zero-order chi connectivity index (χ0) is 13.1. The van der Waals surface area contributed by atoms with Gasteiger partial charge < -0.3 is 15.2 Å². The number of rotatable bonds is 5. The van der Waals surface area contributed by atoms with E-state index >= 15 is 0 Å². The molecule has 0 saturated heterocycles. The molecule has 0 aromatic heterocycles. The zero-order valence-corrected chi connectivity index (χ0v) is 10.7. The predicted molar refractivity (Wildman–Crippen MR) is 67.3 cm³/mol. The fourth-order valence-electron chi connectivity index (χ4n) is 1.50. The molecular weight excluding hydrogens is 218 g/mol. The fourth-order valence-corrected chi connectivity index (χ4v) is 1.50. The van der Waals surface area contributed by atoms with Gasteiger partial charge in [0.1, 0.15) is 0 Å². The van der Waals surface area contributed by atoms with Gasteiger partial charge in [0.2, 0.25) is 0 Å². The monoisotopic (exact) mass is 237 g/mol. The normalized spacial score (nSPS) is 16.0. The molecule has 0 aliphatic heterocycles. The summed E-state index contributed by atoms with van der Waals surface area (Å²) in [5.41, 5.74) is 0.751. The van der Waals surface area contributed by atoms with Gasteiger partial charge in [-0.25, -0.2) is 4.79 Å². The van der Waals surface area contributed by atoms with Crippen LogP contribution in [-0.2, 0) is 9.53 Å². The molecule has 1 aromatic rings. The van der Waals surface area contributed by atoms with Crippen LogP contribution in [0.4, 0.5) is 5.69 Å². The highest BCUT2D eigenvalue weighted by Crippen LogP contribution is 2.21. The van der Waals surface area contributed by atoms with Crippen LogP contribution in [-0.4, -0.2) is 29.8 Å². The Hall–Kier alpha value is -1.55. The second kappa shape index (κ2) is 5.19. The van der Waals surface area contributed by atoms with Crippen molar-refractivity contribution in [2.45, 2.75) is 32.4 Å². The van der Waals surface area contributed by atoms with E-state index in [0.29, 0.717) is 0 Å². The topological polar surface area (TPSA) is 58.6 Å². The molecule has 4 heteroatoms. The van der Waals surface area contributed by atoms with Gasteiger partial charge in [-0.05, 0) is 32.9 Å². The molecule has 17 heavy (non-hydrogen) atoms. The molecule has 0 amide bonds. The minimum Gasteiger partial charge on any atom is -0.479 e. The number of hydrogen-bond donors (Lipinski definition) is 2. The summed E-state index contributed by atoms with van der Waals surface area (Å²) >= 11 is 0. The molecule has 94 valence electrons. The van der Waals surface area contributed by atoms with Gasteiger partial charge in [-0.15, -0.1) is 0 Å². The van der Waals surface area contributed by atoms with Crippen LogP contribution in [0.25, 0.3) is 0 Å². The maximum atomic E-state index is 11.4. The second-order valence-electron chi connectivity index (χ2n) is 4.38. The van der Waals surface area contributed by atoms with Crippen molar-refractivity contribution < 1.29 is 14.6 Å². The first kappa shape index (κ1) is 13.5. The van der Waals surface area contributed by atoms with Gasteiger partial charge in [0, 0.05) is 12.8 Å². The summed E-state index contributed by atoms with van der Waals surface area (Å²) < 4.78 is 5.13. The average molecular weight is 237 g/mol. The largest absolute Gasteiger partial charge is 0.479 e. The summed E-state index contributed by atoms with van der Waals surface area (Å²) in [4.78, 5) is 11.4. The first-order chi connectivity index (χ1) is 7.90. The molecule has 0 saturated carbocycles. The summed E-state index contributed by atoms with van der Waals surface area (Å²) in [6, 6.07) is 7.59. The molecule has 2 N–H and O–H groups in total. The molecule has 2 unspecified atom stereocenters. The third-order valence-electron chi connectivity index (χ3n) is 3.07. The van der Waals surface area contributed by atoms with Crippen LogP contribution in [0.3, 0.4) is 0 Å². The van der Waals surface area contributed by atoms with E-state index in [1.165, 1.54) is 7.11 Å². The molecule has 0 fully saturated rings. The first-order valence-electron chi connectivity index (χ1n) is 5.51. The number of methoxy groups -OCH3 is 1. The molecule has 1 rings (SSSR count). The lowest BCUT2D eigenvalue weighted by molar-refractivity contribution is -0.146. The number of carbonyl (C=O) groups is 1. The highest BCUT2D eigenvalue weighted by atomic mass is 16.5. The van der Waals surface area contributed by atoms with E-state index in [1.54, 1.807) is 13.8 Å². The van der Waals surface area contributed by atoms with E-state index in [9.17, 15) is 9.90 Å². The molecule has 0 aliphatic carbocycles. The van der Waals surface area contributed by atoms with Gasteiger partial charge in [-0.2, -0.15) is 0 Å². The van der Waals surface area contributed by atoms with E-state index in [4.69, 9.17) is 4.74 Å². The molecular formula is C13H19NO3. The van der Waals surface area contributed by atoms with Crippen molar-refractivity contribution in [2.75, 3.05) is 12.4 Å². The van der Waals surface area contributed by atoms with Crippen LogP contribution in [0, 0.1) is 6.92 Å². The maximum Gasteiger partial charge on any atom is 0.331 e. The number of carboxylic acids is 1. The van der Waals surface area contributed by atoms with Crippen molar-refractivity contribution in [3.05, 3.63) is 29.8 Å². The third-order valence-corrected chi connectivity index (χ3v) is 3.07. The minimum atomic E-state index is -1.15. The molecule has 4 nitrogen and oxygen atoms in total. The summed E-state index contributed by atoms with van der Waals surface area (Å²) in [5, 5.41) is 12.3. The second-order valence-corrected chi connectivity index (χ2v) is 4.38. The van der Waals surface area contributed by atoms with E-state index < -0.39 is 17.6 Å². The molecule has 0 radical (unpaired) electrons. The summed E-state index contributed by atoms with van der Waals surface area (Å²) in [7, 11) is 1.50. The van der Waals surface area contributed by atoms with Crippen molar-refractivity contribution in [1.82, 2.24) is 0 Å². The highest BCUT2D eigenvalue weighted by molar-refractivity contribution is 5.83. The van der Waals surface area contributed by atoms with Crippen molar-refractivity contribution in [3.8, 4) is 0 Å². The Bertz CT molecular complexity index is 388. The molecule has 0 bridgehead atoms. The SMILES string of the molecule is COC(C)C(C)(Nc1ccc(C)cc1)C(=O)O. The van der Waals surface area contributed by atoms with Gasteiger partial charge in [0.05, 0.1) is 6.10 Å². The first-order valence-corrected chi connectivity index (χ1v) is 5.51. The minimum absolute atomic E-state index is 0.443. The lowest BCUT2D eigenvalue weighted by atomic mass is 9.95. The van der Waals surface area contributed by atoms with Gasteiger partial charge in [0.25, 0.3) is 0 Å². The Morgan fingerprint density at radius 2 is 1.94 bits per heavy atom. The number of anilines is 1. The van der Waals surface area contributed by atoms with Crippen LogP contribution in [0.2, 0.25) is 0 Å². The summed E-state index contributed by atoms with van der Waals surface area (Å²) in [6.45, 7) is 5.33. The van der Waals surface area contributed by atoms with Gasteiger partial charge >= 0.3 is 5.97 Å². The molecule has 2 atom stereocenters. The molecule has 1 aromatic carbocycles. The fraction of sp³-hybridized carbons (Fsp3) is 0.462. The Morgan fingerprint density at radius 3 is 2.35 bits per heavy atom. The van der Waals surface area contributed by atoms with E-state index in [1.807, 2.05) is 31.2 Å². The van der Waals surface area contributed by atoms with Gasteiger partial charge in [-0.3, -0.25) is 0 Å². The zero-order valence-electron chi connectivity index (χ0n) is 10.7. The smallest absolute Gasteiger partial charge is 0.331 e. The highest BCUT2D eigenvalue weighted by Gasteiger charge is 2.39.